The Bertz CT molecular complexity index is 1550. The number of carbonyl (C=O) groups is 2. The first-order chi connectivity index (χ1) is 18.5. The zero-order valence-corrected chi connectivity index (χ0v) is 21.3. The molecule has 4 aromatic rings. The second-order valence-corrected chi connectivity index (χ2v) is 9.32. The first kappa shape index (κ1) is 25.0. The van der Waals surface area contributed by atoms with Crippen LogP contribution in [0, 0.1) is 11.3 Å². The van der Waals surface area contributed by atoms with Gasteiger partial charge in [-0.2, -0.15) is 5.26 Å². The molecule has 5 rings (SSSR count). The van der Waals surface area contributed by atoms with Crippen LogP contribution in [0.2, 0.25) is 0 Å². The predicted octanol–water partition coefficient (Wildman–Crippen LogP) is 4.80. The molecular weight excluding hydrogens is 480 g/mol. The highest BCUT2D eigenvalue weighted by molar-refractivity contribution is 6.04. The number of likely N-dealkylation sites (tertiary alicyclic amines) is 1. The minimum atomic E-state index is -0.402. The lowest BCUT2D eigenvalue weighted by Crippen LogP contribution is -2.35. The molecule has 0 unspecified atom stereocenters. The molecule has 2 aromatic carbocycles. The summed E-state index contributed by atoms with van der Waals surface area (Å²) in [5.74, 6) is 0.535. The average Bonchev–Trinajstić information content (AvgIpc) is 3.33. The van der Waals surface area contributed by atoms with Crippen molar-refractivity contribution < 1.29 is 14.3 Å². The molecule has 2 aromatic heterocycles. The fourth-order valence-corrected chi connectivity index (χ4v) is 4.79. The standard InChI is InChI=1S/C29H28N6O3/c1-19(21-9-7-11-24(15-21)38-2)35-26-25(16-23(18-31-26)28(37)34-12-4-3-5-13-34)32-29(35)33-27(36)22-10-6-8-20(14-22)17-30/h6-11,14-16,18-19H,3-5,12-13H2,1-2H3,(H,32,33,36)/t19-/m1/s1. The molecule has 1 saturated heterocycles. The number of hydrogen-bond donors (Lipinski definition) is 1. The van der Waals surface area contributed by atoms with Gasteiger partial charge < -0.3 is 9.64 Å². The third-order valence-electron chi connectivity index (χ3n) is 6.86. The normalized spacial score (nSPS) is 14.1. The zero-order chi connectivity index (χ0) is 26.6. The monoisotopic (exact) mass is 508 g/mol. The Balaban J connectivity index is 1.56. The number of imidazole rings is 1. The predicted molar refractivity (Wildman–Crippen MR) is 143 cm³/mol. The van der Waals surface area contributed by atoms with Crippen LogP contribution in [0.25, 0.3) is 11.2 Å². The Morgan fingerprint density at radius 3 is 2.61 bits per heavy atom. The van der Waals surface area contributed by atoms with E-state index in [-0.39, 0.29) is 17.9 Å². The van der Waals surface area contributed by atoms with Gasteiger partial charge in [-0.1, -0.05) is 18.2 Å². The van der Waals surface area contributed by atoms with Gasteiger partial charge >= 0.3 is 0 Å². The Kier molecular flexibility index (Phi) is 7.05. The van der Waals surface area contributed by atoms with Gasteiger partial charge in [0, 0.05) is 24.8 Å². The molecule has 3 heterocycles. The summed E-state index contributed by atoms with van der Waals surface area (Å²) in [5.41, 5.74) is 3.17. The molecule has 0 bridgehead atoms. The molecule has 2 amide bonds. The maximum atomic E-state index is 13.2. The Labute approximate surface area is 220 Å². The van der Waals surface area contributed by atoms with Gasteiger partial charge in [-0.15, -0.1) is 0 Å². The number of nitriles is 1. The highest BCUT2D eigenvalue weighted by Gasteiger charge is 2.24. The molecule has 9 heteroatoms. The molecule has 0 aliphatic carbocycles. The smallest absolute Gasteiger partial charge is 0.258 e. The number of hydrogen-bond acceptors (Lipinski definition) is 6. The molecule has 192 valence electrons. The topological polar surface area (TPSA) is 113 Å². The zero-order valence-electron chi connectivity index (χ0n) is 21.3. The summed E-state index contributed by atoms with van der Waals surface area (Å²) in [4.78, 5) is 37.5. The average molecular weight is 509 g/mol. The molecule has 38 heavy (non-hydrogen) atoms. The van der Waals surface area contributed by atoms with E-state index in [1.165, 1.54) is 6.07 Å². The SMILES string of the molecule is COc1cccc([C@@H](C)n2c(NC(=O)c3cccc(C#N)c3)nc3cc(C(=O)N4CCCCC4)cnc32)c1. The van der Waals surface area contributed by atoms with Crippen LogP contribution in [0.15, 0.2) is 60.8 Å². The summed E-state index contributed by atoms with van der Waals surface area (Å²) in [6.07, 6.45) is 4.71. The number of pyridine rings is 1. The van der Waals surface area contributed by atoms with Gasteiger partial charge in [0.2, 0.25) is 5.95 Å². The van der Waals surface area contributed by atoms with Crippen LogP contribution >= 0.6 is 0 Å². The molecule has 1 N–H and O–H groups in total. The van der Waals surface area contributed by atoms with Crippen LogP contribution in [0.1, 0.15) is 64.1 Å². The van der Waals surface area contributed by atoms with Gasteiger partial charge in [0.05, 0.1) is 30.3 Å². The van der Waals surface area contributed by atoms with Crippen molar-refractivity contribution in [2.75, 3.05) is 25.5 Å². The van der Waals surface area contributed by atoms with Crippen LogP contribution in [0.3, 0.4) is 0 Å². The Morgan fingerprint density at radius 1 is 1.05 bits per heavy atom. The number of benzene rings is 2. The van der Waals surface area contributed by atoms with E-state index in [0.29, 0.717) is 33.6 Å². The second kappa shape index (κ2) is 10.7. The molecule has 1 aliphatic heterocycles. The first-order valence-corrected chi connectivity index (χ1v) is 12.6. The van der Waals surface area contributed by atoms with Gasteiger partial charge in [-0.25, -0.2) is 9.97 Å². The summed E-state index contributed by atoms with van der Waals surface area (Å²) in [7, 11) is 1.61. The molecular formula is C29H28N6O3. The van der Waals surface area contributed by atoms with Crippen molar-refractivity contribution in [2.24, 2.45) is 0 Å². The van der Waals surface area contributed by atoms with Crippen molar-refractivity contribution in [3.63, 3.8) is 0 Å². The van der Waals surface area contributed by atoms with E-state index in [1.807, 2.05) is 40.7 Å². The number of aromatic nitrogens is 3. The van der Waals surface area contributed by atoms with Gasteiger partial charge in [0.15, 0.2) is 5.65 Å². The molecule has 0 radical (unpaired) electrons. The van der Waals surface area contributed by atoms with E-state index < -0.39 is 5.91 Å². The second-order valence-electron chi connectivity index (χ2n) is 9.32. The van der Waals surface area contributed by atoms with Crippen LogP contribution in [0.5, 0.6) is 5.75 Å². The molecule has 0 saturated carbocycles. The summed E-state index contributed by atoms with van der Waals surface area (Å²) in [5, 5.41) is 12.1. The van der Waals surface area contributed by atoms with Crippen LogP contribution in [0.4, 0.5) is 5.95 Å². The number of ether oxygens (including phenoxy) is 1. The van der Waals surface area contributed by atoms with Gasteiger partial charge in [-0.3, -0.25) is 19.5 Å². The van der Waals surface area contributed by atoms with E-state index in [4.69, 9.17) is 9.72 Å². The largest absolute Gasteiger partial charge is 0.497 e. The highest BCUT2D eigenvalue weighted by Crippen LogP contribution is 2.30. The minimum Gasteiger partial charge on any atom is -0.497 e. The fourth-order valence-electron chi connectivity index (χ4n) is 4.79. The van der Waals surface area contributed by atoms with E-state index in [0.717, 1.165) is 37.9 Å². The van der Waals surface area contributed by atoms with Gasteiger partial charge in [0.25, 0.3) is 11.8 Å². The van der Waals surface area contributed by atoms with E-state index in [1.54, 1.807) is 37.6 Å². The van der Waals surface area contributed by atoms with Crippen molar-refractivity contribution in [1.82, 2.24) is 19.4 Å². The van der Waals surface area contributed by atoms with Gasteiger partial charge in [-0.05, 0) is 68.1 Å². The number of amides is 2. The number of carbonyl (C=O) groups excluding carboxylic acids is 2. The lowest BCUT2D eigenvalue weighted by molar-refractivity contribution is 0.0724. The third kappa shape index (κ3) is 4.93. The number of methoxy groups -OCH3 is 1. The van der Waals surface area contributed by atoms with E-state index in [2.05, 4.69) is 16.4 Å². The van der Waals surface area contributed by atoms with Crippen molar-refractivity contribution >= 4 is 28.9 Å². The fraction of sp³-hybridized carbons (Fsp3) is 0.276. The van der Waals surface area contributed by atoms with Crippen molar-refractivity contribution in [3.05, 3.63) is 83.0 Å². The number of rotatable bonds is 6. The molecule has 1 atom stereocenters. The van der Waals surface area contributed by atoms with Crippen LogP contribution in [-0.2, 0) is 0 Å². The lowest BCUT2D eigenvalue weighted by Gasteiger charge is -2.26. The summed E-state index contributed by atoms with van der Waals surface area (Å²) >= 11 is 0. The van der Waals surface area contributed by atoms with E-state index >= 15 is 0 Å². The quantitative estimate of drug-likeness (QED) is 0.400. The number of piperidine rings is 1. The summed E-state index contributed by atoms with van der Waals surface area (Å²) in [6, 6.07) is 17.6. The summed E-state index contributed by atoms with van der Waals surface area (Å²) < 4.78 is 7.24. The Morgan fingerprint density at radius 2 is 1.84 bits per heavy atom. The maximum Gasteiger partial charge on any atom is 0.258 e. The lowest BCUT2D eigenvalue weighted by atomic mass is 10.1. The number of nitrogens with zero attached hydrogens (tertiary/aromatic N) is 5. The summed E-state index contributed by atoms with van der Waals surface area (Å²) in [6.45, 7) is 3.46. The first-order valence-electron chi connectivity index (χ1n) is 12.6. The van der Waals surface area contributed by atoms with Crippen LogP contribution < -0.4 is 10.1 Å². The van der Waals surface area contributed by atoms with Crippen molar-refractivity contribution in [2.45, 2.75) is 32.2 Å². The van der Waals surface area contributed by atoms with Gasteiger partial charge in [0.1, 0.15) is 11.3 Å². The highest BCUT2D eigenvalue weighted by atomic mass is 16.5. The number of anilines is 1. The molecule has 1 fully saturated rings. The van der Waals surface area contributed by atoms with Crippen molar-refractivity contribution in [1.29, 1.82) is 5.26 Å². The third-order valence-corrected chi connectivity index (χ3v) is 6.86. The number of fused-ring (bicyclic) bond motifs is 1. The molecule has 1 aliphatic rings. The minimum absolute atomic E-state index is 0.0617. The number of nitrogens with one attached hydrogen (secondary N) is 1. The van der Waals surface area contributed by atoms with Crippen molar-refractivity contribution in [3.8, 4) is 11.8 Å². The molecule has 0 spiro atoms. The Hall–Kier alpha value is -4.71. The van der Waals surface area contributed by atoms with E-state index in [9.17, 15) is 14.9 Å². The maximum absolute atomic E-state index is 13.2. The molecule has 9 nitrogen and oxygen atoms in total. The van der Waals surface area contributed by atoms with Crippen LogP contribution in [-0.4, -0.2) is 51.4 Å².